The molecule has 0 spiro atoms. The van der Waals surface area contributed by atoms with E-state index >= 15 is 0 Å². The van der Waals surface area contributed by atoms with Gasteiger partial charge in [0.2, 0.25) is 0 Å². The molecule has 0 atom stereocenters. The van der Waals surface area contributed by atoms with Crippen LogP contribution in [0.15, 0.2) is 35.0 Å². The Balaban J connectivity index is 2.38. The van der Waals surface area contributed by atoms with E-state index in [1.165, 1.54) is 0 Å². The average Bonchev–Trinajstić information content (AvgIpc) is 2.88. The third kappa shape index (κ3) is 2.32. The van der Waals surface area contributed by atoms with Crippen LogP contribution in [0.4, 0.5) is 0 Å². The fourth-order valence-electron chi connectivity index (χ4n) is 1.93. The molecule has 0 aliphatic rings. The number of aromatic nitrogens is 1. The minimum atomic E-state index is -0.0653. The van der Waals surface area contributed by atoms with Crippen molar-refractivity contribution < 1.29 is 9.21 Å². The molecule has 0 saturated carbocycles. The Hall–Kier alpha value is -1.97. The molecule has 0 bridgehead atoms. The quantitative estimate of drug-likeness (QED) is 0.824. The highest BCUT2D eigenvalue weighted by Gasteiger charge is 2.16. The molecule has 0 aliphatic carbocycles. The largest absolute Gasteiger partial charge is 0.463 e. The summed E-state index contributed by atoms with van der Waals surface area (Å²) in [6, 6.07) is 3.65. The van der Waals surface area contributed by atoms with Crippen molar-refractivity contribution in [2.45, 2.75) is 26.8 Å². The van der Waals surface area contributed by atoms with E-state index in [1.807, 2.05) is 24.5 Å². The second kappa shape index (κ2) is 5.12. The summed E-state index contributed by atoms with van der Waals surface area (Å²) in [6.07, 6.45) is 2.55. The van der Waals surface area contributed by atoms with Gasteiger partial charge >= 0.3 is 0 Å². The number of allylic oxidation sites excluding steroid dienone is 1. The van der Waals surface area contributed by atoms with Crippen LogP contribution in [0, 0.1) is 0 Å². The van der Waals surface area contributed by atoms with Crippen molar-refractivity contribution in [3.8, 4) is 0 Å². The van der Waals surface area contributed by atoms with Gasteiger partial charge in [0.25, 0.3) is 5.91 Å². The molecule has 2 aromatic heterocycles. The smallest absolute Gasteiger partial charge is 0.268 e. The molecule has 2 heterocycles. The lowest BCUT2D eigenvalue weighted by atomic mass is 10.3. The number of nitrogens with one attached hydrogen (secondary N) is 1. The Morgan fingerprint density at radius 2 is 2.33 bits per heavy atom. The SMILES string of the molecule is C=C(C)Cn1c(C(=O)NCCC)cc2occc21. The number of furan rings is 1. The maximum absolute atomic E-state index is 12.1. The van der Waals surface area contributed by atoms with Crippen LogP contribution in [0.25, 0.3) is 11.1 Å². The first-order valence-corrected chi connectivity index (χ1v) is 6.12. The Bertz CT molecular complexity index is 578. The van der Waals surface area contributed by atoms with Crippen LogP contribution in [-0.4, -0.2) is 17.0 Å². The molecule has 0 aromatic carbocycles. The number of amides is 1. The lowest BCUT2D eigenvalue weighted by Crippen LogP contribution is -2.26. The molecule has 2 rings (SSSR count). The molecular formula is C14H18N2O2. The first kappa shape index (κ1) is 12.5. The third-order valence-corrected chi connectivity index (χ3v) is 2.72. The molecule has 2 aromatic rings. The lowest BCUT2D eigenvalue weighted by Gasteiger charge is -2.09. The van der Waals surface area contributed by atoms with Gasteiger partial charge in [0.1, 0.15) is 5.69 Å². The Labute approximate surface area is 106 Å². The Morgan fingerprint density at radius 1 is 1.56 bits per heavy atom. The molecule has 4 nitrogen and oxygen atoms in total. The number of carbonyl (C=O) groups excluding carboxylic acids is 1. The average molecular weight is 246 g/mol. The van der Waals surface area contributed by atoms with Gasteiger partial charge in [0.15, 0.2) is 5.58 Å². The van der Waals surface area contributed by atoms with Gasteiger partial charge in [-0.15, -0.1) is 0 Å². The summed E-state index contributed by atoms with van der Waals surface area (Å²) in [5, 5.41) is 2.88. The van der Waals surface area contributed by atoms with Gasteiger partial charge < -0.3 is 14.3 Å². The standard InChI is InChI=1S/C14H18N2O2/c1-4-6-15-14(17)12-8-13-11(5-7-18-13)16(12)9-10(2)3/h5,7-8H,2,4,6,9H2,1,3H3,(H,15,17). The van der Waals surface area contributed by atoms with Crippen molar-refractivity contribution in [3.05, 3.63) is 36.2 Å². The summed E-state index contributed by atoms with van der Waals surface area (Å²) in [5.41, 5.74) is 3.29. The van der Waals surface area contributed by atoms with E-state index in [0.29, 0.717) is 18.8 Å². The molecule has 0 unspecified atom stereocenters. The Morgan fingerprint density at radius 3 is 3.00 bits per heavy atom. The summed E-state index contributed by atoms with van der Waals surface area (Å²) >= 11 is 0. The van der Waals surface area contributed by atoms with Crippen LogP contribution in [0.2, 0.25) is 0 Å². The third-order valence-electron chi connectivity index (χ3n) is 2.72. The molecular weight excluding hydrogens is 228 g/mol. The van der Waals surface area contributed by atoms with E-state index in [2.05, 4.69) is 11.9 Å². The fraction of sp³-hybridized carbons (Fsp3) is 0.357. The molecule has 18 heavy (non-hydrogen) atoms. The summed E-state index contributed by atoms with van der Waals surface area (Å²) in [6.45, 7) is 9.17. The number of hydrogen-bond donors (Lipinski definition) is 1. The van der Waals surface area contributed by atoms with Gasteiger partial charge in [-0.25, -0.2) is 0 Å². The van der Waals surface area contributed by atoms with Crippen molar-refractivity contribution in [2.75, 3.05) is 6.54 Å². The second-order valence-electron chi connectivity index (χ2n) is 4.50. The summed E-state index contributed by atoms with van der Waals surface area (Å²) in [7, 11) is 0. The molecule has 1 amide bonds. The van der Waals surface area contributed by atoms with E-state index in [-0.39, 0.29) is 5.91 Å². The van der Waals surface area contributed by atoms with E-state index in [1.54, 1.807) is 12.3 Å². The van der Waals surface area contributed by atoms with Crippen LogP contribution < -0.4 is 5.32 Å². The topological polar surface area (TPSA) is 47.2 Å². The minimum absolute atomic E-state index is 0.0653. The predicted molar refractivity (Wildman–Crippen MR) is 71.6 cm³/mol. The highest BCUT2D eigenvalue weighted by Crippen LogP contribution is 2.22. The predicted octanol–water partition coefficient (Wildman–Crippen LogP) is 2.95. The van der Waals surface area contributed by atoms with E-state index in [4.69, 9.17) is 4.42 Å². The van der Waals surface area contributed by atoms with Crippen LogP contribution >= 0.6 is 0 Å². The van der Waals surface area contributed by atoms with Crippen molar-refractivity contribution in [3.63, 3.8) is 0 Å². The zero-order chi connectivity index (χ0) is 13.1. The van der Waals surface area contributed by atoms with Crippen LogP contribution in [0.5, 0.6) is 0 Å². The molecule has 0 aliphatic heterocycles. The molecule has 0 fully saturated rings. The van der Waals surface area contributed by atoms with Gasteiger partial charge in [-0.2, -0.15) is 0 Å². The number of hydrogen-bond acceptors (Lipinski definition) is 2. The number of carbonyl (C=O) groups is 1. The van der Waals surface area contributed by atoms with Crippen LogP contribution in [-0.2, 0) is 6.54 Å². The van der Waals surface area contributed by atoms with Crippen LogP contribution in [0.1, 0.15) is 30.8 Å². The molecule has 0 saturated heterocycles. The lowest BCUT2D eigenvalue weighted by molar-refractivity contribution is 0.0945. The Kier molecular flexibility index (Phi) is 3.55. The highest BCUT2D eigenvalue weighted by molar-refractivity contribution is 5.97. The van der Waals surface area contributed by atoms with Crippen LogP contribution in [0.3, 0.4) is 0 Å². The molecule has 0 radical (unpaired) electrons. The zero-order valence-electron chi connectivity index (χ0n) is 10.8. The first-order chi connectivity index (χ1) is 8.63. The van der Waals surface area contributed by atoms with Gasteiger partial charge in [0.05, 0.1) is 11.8 Å². The van der Waals surface area contributed by atoms with Crippen molar-refractivity contribution >= 4 is 17.0 Å². The normalized spacial score (nSPS) is 10.8. The maximum Gasteiger partial charge on any atom is 0.268 e. The van der Waals surface area contributed by atoms with Crippen molar-refractivity contribution in [2.24, 2.45) is 0 Å². The first-order valence-electron chi connectivity index (χ1n) is 6.12. The zero-order valence-corrected chi connectivity index (χ0v) is 10.8. The van der Waals surface area contributed by atoms with E-state index in [9.17, 15) is 4.79 Å². The molecule has 96 valence electrons. The number of nitrogens with zero attached hydrogens (tertiary/aromatic N) is 1. The maximum atomic E-state index is 12.1. The number of fused-ring (bicyclic) bond motifs is 1. The van der Waals surface area contributed by atoms with Gasteiger partial charge in [0, 0.05) is 25.2 Å². The number of rotatable bonds is 5. The minimum Gasteiger partial charge on any atom is -0.463 e. The van der Waals surface area contributed by atoms with Crippen molar-refractivity contribution in [1.82, 2.24) is 9.88 Å². The fourth-order valence-corrected chi connectivity index (χ4v) is 1.93. The molecule has 1 N–H and O–H groups in total. The summed E-state index contributed by atoms with van der Waals surface area (Å²) in [5.74, 6) is -0.0653. The van der Waals surface area contributed by atoms with E-state index < -0.39 is 0 Å². The highest BCUT2D eigenvalue weighted by atomic mass is 16.3. The van der Waals surface area contributed by atoms with Gasteiger partial charge in [-0.1, -0.05) is 19.1 Å². The summed E-state index contributed by atoms with van der Waals surface area (Å²) in [4.78, 5) is 12.1. The van der Waals surface area contributed by atoms with Crippen molar-refractivity contribution in [1.29, 1.82) is 0 Å². The monoisotopic (exact) mass is 246 g/mol. The van der Waals surface area contributed by atoms with E-state index in [0.717, 1.165) is 23.1 Å². The molecule has 4 heteroatoms. The van der Waals surface area contributed by atoms with Gasteiger partial charge in [-0.3, -0.25) is 4.79 Å². The van der Waals surface area contributed by atoms with Gasteiger partial charge in [-0.05, 0) is 13.3 Å². The second-order valence-corrected chi connectivity index (χ2v) is 4.50. The summed E-state index contributed by atoms with van der Waals surface area (Å²) < 4.78 is 7.28.